The molecule has 3 aromatic rings. The van der Waals surface area contributed by atoms with Crippen molar-refractivity contribution in [1.82, 2.24) is 19.6 Å². The van der Waals surface area contributed by atoms with Crippen molar-refractivity contribution in [3.05, 3.63) is 81.7 Å². The third kappa shape index (κ3) is 3.21. The van der Waals surface area contributed by atoms with Crippen molar-refractivity contribution in [2.75, 3.05) is 19.6 Å². The molecule has 1 aliphatic heterocycles. The van der Waals surface area contributed by atoms with Crippen LogP contribution < -0.4 is 10.9 Å². The van der Waals surface area contributed by atoms with Crippen LogP contribution in [0, 0.1) is 12.7 Å². The Morgan fingerprint density at radius 3 is 2.96 bits per heavy atom. The number of nitrogens with one attached hydrogen (secondary N) is 1. The number of rotatable bonds is 2. The number of halogens is 1. The maximum Gasteiger partial charge on any atom is 0.270 e. The van der Waals surface area contributed by atoms with Gasteiger partial charge in [-0.1, -0.05) is 12.1 Å². The Labute approximate surface area is 155 Å². The van der Waals surface area contributed by atoms with Crippen LogP contribution in [0.1, 0.15) is 27.5 Å². The zero-order valence-corrected chi connectivity index (χ0v) is 14.9. The molecule has 1 unspecified atom stereocenters. The topological polar surface area (TPSA) is 66.7 Å². The first-order valence-electron chi connectivity index (χ1n) is 8.80. The SMILES string of the molecule is Cc1ccn2c(=O)c(C(=O)N3CCNCC3c3cccc(F)c3)cnc2c1. The summed E-state index contributed by atoms with van der Waals surface area (Å²) >= 11 is 0. The van der Waals surface area contributed by atoms with Crippen LogP contribution in [-0.2, 0) is 0 Å². The van der Waals surface area contributed by atoms with Gasteiger partial charge in [-0.05, 0) is 42.3 Å². The normalized spacial score (nSPS) is 17.3. The predicted molar refractivity (Wildman–Crippen MR) is 99.2 cm³/mol. The molecular formula is C20H19FN4O2. The minimum absolute atomic E-state index is 0.0136. The van der Waals surface area contributed by atoms with Crippen LogP contribution in [0.3, 0.4) is 0 Å². The number of aryl methyl sites for hydroxylation is 1. The van der Waals surface area contributed by atoms with Gasteiger partial charge < -0.3 is 10.2 Å². The number of hydrogen-bond donors (Lipinski definition) is 1. The van der Waals surface area contributed by atoms with Gasteiger partial charge in [0.2, 0.25) is 0 Å². The van der Waals surface area contributed by atoms with Gasteiger partial charge in [-0.3, -0.25) is 14.0 Å². The Bertz CT molecular complexity index is 1080. The Morgan fingerprint density at radius 1 is 1.30 bits per heavy atom. The molecule has 1 aliphatic rings. The molecule has 0 bridgehead atoms. The molecule has 27 heavy (non-hydrogen) atoms. The third-order valence-corrected chi connectivity index (χ3v) is 4.83. The first kappa shape index (κ1) is 17.4. The molecule has 2 aromatic heterocycles. The van der Waals surface area contributed by atoms with E-state index in [2.05, 4.69) is 10.3 Å². The number of amides is 1. The highest BCUT2D eigenvalue weighted by Gasteiger charge is 2.30. The van der Waals surface area contributed by atoms with Crippen molar-refractivity contribution >= 4 is 11.6 Å². The third-order valence-electron chi connectivity index (χ3n) is 4.83. The molecule has 0 radical (unpaired) electrons. The second kappa shape index (κ2) is 6.92. The zero-order chi connectivity index (χ0) is 19.0. The summed E-state index contributed by atoms with van der Waals surface area (Å²) in [6, 6.07) is 9.44. The molecular weight excluding hydrogens is 347 g/mol. The van der Waals surface area contributed by atoms with E-state index in [-0.39, 0.29) is 17.4 Å². The molecule has 0 saturated carbocycles. The lowest BCUT2D eigenvalue weighted by Crippen LogP contribution is -2.49. The minimum Gasteiger partial charge on any atom is -0.329 e. The van der Waals surface area contributed by atoms with E-state index in [1.807, 2.05) is 6.92 Å². The molecule has 1 atom stereocenters. The quantitative estimate of drug-likeness (QED) is 0.753. The molecule has 1 aromatic carbocycles. The van der Waals surface area contributed by atoms with E-state index in [9.17, 15) is 14.0 Å². The maximum atomic E-state index is 13.7. The molecule has 0 spiro atoms. The summed E-state index contributed by atoms with van der Waals surface area (Å²) in [5.41, 5.74) is 1.79. The van der Waals surface area contributed by atoms with Crippen molar-refractivity contribution in [3.8, 4) is 0 Å². The van der Waals surface area contributed by atoms with E-state index < -0.39 is 11.5 Å². The maximum absolute atomic E-state index is 13.7. The lowest BCUT2D eigenvalue weighted by atomic mass is 10.0. The molecule has 7 heteroatoms. The van der Waals surface area contributed by atoms with E-state index in [1.54, 1.807) is 35.4 Å². The van der Waals surface area contributed by atoms with E-state index in [1.165, 1.54) is 22.7 Å². The number of benzene rings is 1. The summed E-state index contributed by atoms with van der Waals surface area (Å²) in [7, 11) is 0. The van der Waals surface area contributed by atoms with Crippen LogP contribution in [0.4, 0.5) is 4.39 Å². The molecule has 1 N–H and O–H groups in total. The fourth-order valence-electron chi connectivity index (χ4n) is 3.44. The highest BCUT2D eigenvalue weighted by molar-refractivity contribution is 5.94. The Balaban J connectivity index is 1.74. The number of piperazine rings is 1. The van der Waals surface area contributed by atoms with E-state index in [0.29, 0.717) is 30.8 Å². The highest BCUT2D eigenvalue weighted by atomic mass is 19.1. The molecule has 1 amide bonds. The standard InChI is InChI=1S/C20H19FN4O2/c1-13-5-7-25-18(9-13)23-11-16(20(25)27)19(26)24-8-6-22-12-17(24)14-3-2-4-15(21)10-14/h2-5,7,9-11,17,22H,6,8,12H2,1H3. The van der Waals surface area contributed by atoms with Gasteiger partial charge in [0.1, 0.15) is 17.0 Å². The number of carbonyl (C=O) groups excluding carboxylic acids is 1. The summed E-state index contributed by atoms with van der Waals surface area (Å²) < 4.78 is 15.0. The number of aromatic nitrogens is 2. The minimum atomic E-state index is -0.401. The first-order chi connectivity index (χ1) is 13.0. The van der Waals surface area contributed by atoms with Crippen molar-refractivity contribution in [3.63, 3.8) is 0 Å². The first-order valence-corrected chi connectivity index (χ1v) is 8.80. The average Bonchev–Trinajstić information content (AvgIpc) is 2.67. The zero-order valence-electron chi connectivity index (χ0n) is 14.9. The summed E-state index contributed by atoms with van der Waals surface area (Å²) in [5, 5.41) is 3.22. The Kier molecular flexibility index (Phi) is 4.45. The smallest absolute Gasteiger partial charge is 0.270 e. The van der Waals surface area contributed by atoms with E-state index in [4.69, 9.17) is 0 Å². The monoisotopic (exact) mass is 366 g/mol. The van der Waals surface area contributed by atoms with Gasteiger partial charge in [0, 0.05) is 32.0 Å². The predicted octanol–water partition coefficient (Wildman–Crippen LogP) is 1.93. The fourth-order valence-corrected chi connectivity index (χ4v) is 3.44. The second-order valence-electron chi connectivity index (χ2n) is 6.68. The van der Waals surface area contributed by atoms with Crippen LogP contribution in [0.5, 0.6) is 0 Å². The molecule has 0 aliphatic carbocycles. The van der Waals surface area contributed by atoms with Crippen molar-refractivity contribution in [2.24, 2.45) is 0 Å². The summed E-state index contributed by atoms with van der Waals surface area (Å²) in [6.07, 6.45) is 2.96. The van der Waals surface area contributed by atoms with Crippen molar-refractivity contribution in [1.29, 1.82) is 0 Å². The molecule has 1 fully saturated rings. The molecule has 1 saturated heterocycles. The average molecular weight is 366 g/mol. The summed E-state index contributed by atoms with van der Waals surface area (Å²) in [5.74, 6) is -0.744. The van der Waals surface area contributed by atoms with Crippen LogP contribution in [0.25, 0.3) is 5.65 Å². The highest BCUT2D eigenvalue weighted by Crippen LogP contribution is 2.24. The van der Waals surface area contributed by atoms with Gasteiger partial charge in [-0.25, -0.2) is 9.37 Å². The molecule has 6 nitrogen and oxygen atoms in total. The molecule has 138 valence electrons. The van der Waals surface area contributed by atoms with Crippen LogP contribution in [0.2, 0.25) is 0 Å². The Hall–Kier alpha value is -3.06. The van der Waals surface area contributed by atoms with Crippen LogP contribution in [-0.4, -0.2) is 39.8 Å². The summed E-state index contributed by atoms with van der Waals surface area (Å²) in [6.45, 7) is 3.45. The van der Waals surface area contributed by atoms with Crippen molar-refractivity contribution in [2.45, 2.75) is 13.0 Å². The van der Waals surface area contributed by atoms with Gasteiger partial charge in [0.05, 0.1) is 6.04 Å². The van der Waals surface area contributed by atoms with Crippen molar-refractivity contribution < 1.29 is 9.18 Å². The lowest BCUT2D eigenvalue weighted by Gasteiger charge is -2.36. The fraction of sp³-hybridized carbons (Fsp3) is 0.250. The molecule has 4 rings (SSSR count). The second-order valence-corrected chi connectivity index (χ2v) is 6.68. The molecule has 3 heterocycles. The van der Waals surface area contributed by atoms with Crippen LogP contribution >= 0.6 is 0 Å². The number of hydrogen-bond acceptors (Lipinski definition) is 4. The van der Waals surface area contributed by atoms with Gasteiger partial charge in [0.15, 0.2) is 0 Å². The van der Waals surface area contributed by atoms with Crippen LogP contribution in [0.15, 0.2) is 53.6 Å². The summed E-state index contributed by atoms with van der Waals surface area (Å²) in [4.78, 5) is 31.9. The van der Waals surface area contributed by atoms with Gasteiger partial charge in [0.25, 0.3) is 11.5 Å². The largest absolute Gasteiger partial charge is 0.329 e. The van der Waals surface area contributed by atoms with Gasteiger partial charge in [-0.2, -0.15) is 0 Å². The lowest BCUT2D eigenvalue weighted by molar-refractivity contribution is 0.0631. The number of pyridine rings is 1. The number of fused-ring (bicyclic) bond motifs is 1. The van der Waals surface area contributed by atoms with Gasteiger partial charge in [-0.15, -0.1) is 0 Å². The van der Waals surface area contributed by atoms with E-state index in [0.717, 1.165) is 5.56 Å². The number of nitrogens with zero attached hydrogens (tertiary/aromatic N) is 3. The number of carbonyl (C=O) groups is 1. The Morgan fingerprint density at radius 2 is 2.15 bits per heavy atom. The van der Waals surface area contributed by atoms with Gasteiger partial charge >= 0.3 is 0 Å². The van der Waals surface area contributed by atoms with E-state index >= 15 is 0 Å².